The molecule has 1 amide bonds. The highest BCUT2D eigenvalue weighted by Crippen LogP contribution is 2.34. The van der Waals surface area contributed by atoms with Crippen LogP contribution >= 0.6 is 11.3 Å². The molecule has 0 aliphatic carbocycles. The van der Waals surface area contributed by atoms with Gasteiger partial charge in [-0.1, -0.05) is 6.92 Å². The van der Waals surface area contributed by atoms with Gasteiger partial charge in [0.1, 0.15) is 0 Å². The molecule has 4 nitrogen and oxygen atoms in total. The summed E-state index contributed by atoms with van der Waals surface area (Å²) in [6, 6.07) is 2.25. The molecule has 3 rings (SSSR count). The Bertz CT molecular complexity index is 616. The molecule has 1 aliphatic heterocycles. The second-order valence-corrected chi connectivity index (χ2v) is 6.15. The van der Waals surface area contributed by atoms with Crippen LogP contribution in [0.25, 0.3) is 0 Å². The Morgan fingerprint density at radius 3 is 3.10 bits per heavy atom. The Kier molecular flexibility index (Phi) is 3.61. The predicted octanol–water partition coefficient (Wildman–Crippen LogP) is 3.02. The summed E-state index contributed by atoms with van der Waals surface area (Å²) in [5, 5.41) is 6.25. The summed E-state index contributed by atoms with van der Waals surface area (Å²) < 4.78 is 1.80. The van der Waals surface area contributed by atoms with E-state index in [1.165, 1.54) is 0 Å². The summed E-state index contributed by atoms with van der Waals surface area (Å²) in [5.74, 6) is 0.184. The largest absolute Gasteiger partial charge is 0.331 e. The van der Waals surface area contributed by atoms with Gasteiger partial charge in [0, 0.05) is 25.4 Å². The van der Waals surface area contributed by atoms with Crippen LogP contribution in [0.15, 0.2) is 23.8 Å². The van der Waals surface area contributed by atoms with Crippen LogP contribution in [0.4, 0.5) is 0 Å². The molecule has 0 aromatic carbocycles. The quantitative estimate of drug-likeness (QED) is 0.871. The van der Waals surface area contributed by atoms with E-state index in [2.05, 4.69) is 18.1 Å². The molecule has 0 radical (unpaired) electrons. The molecule has 5 heteroatoms. The van der Waals surface area contributed by atoms with Crippen molar-refractivity contribution in [1.82, 2.24) is 14.7 Å². The number of carbonyl (C=O) groups is 1. The van der Waals surface area contributed by atoms with Crippen molar-refractivity contribution in [2.24, 2.45) is 7.05 Å². The van der Waals surface area contributed by atoms with Crippen molar-refractivity contribution in [2.45, 2.75) is 32.2 Å². The summed E-state index contributed by atoms with van der Waals surface area (Å²) in [6.07, 6.45) is 6.91. The van der Waals surface area contributed by atoms with Crippen molar-refractivity contribution in [1.29, 1.82) is 0 Å². The highest BCUT2D eigenvalue weighted by Gasteiger charge is 2.32. The molecule has 2 aromatic rings. The lowest BCUT2D eigenvalue weighted by molar-refractivity contribution is 0.0739. The van der Waals surface area contributed by atoms with E-state index in [9.17, 15) is 4.79 Å². The maximum absolute atomic E-state index is 12.8. The van der Waals surface area contributed by atoms with Crippen molar-refractivity contribution in [2.75, 3.05) is 6.54 Å². The molecule has 0 spiro atoms. The van der Waals surface area contributed by atoms with Gasteiger partial charge in [-0.2, -0.15) is 5.10 Å². The number of hydrogen-bond acceptors (Lipinski definition) is 3. The first-order valence-corrected chi connectivity index (χ1v) is 7.94. The molecular formula is C15H19N3OS. The van der Waals surface area contributed by atoms with Crippen LogP contribution in [0.1, 0.15) is 46.6 Å². The summed E-state index contributed by atoms with van der Waals surface area (Å²) in [5.41, 5.74) is 2.31. The molecule has 2 aromatic heterocycles. The van der Waals surface area contributed by atoms with Crippen molar-refractivity contribution >= 4 is 17.2 Å². The van der Waals surface area contributed by atoms with Gasteiger partial charge in [-0.15, -0.1) is 11.3 Å². The number of rotatable bonds is 3. The summed E-state index contributed by atoms with van der Waals surface area (Å²) in [6.45, 7) is 2.95. The molecule has 1 aliphatic rings. The minimum absolute atomic E-state index is 0.183. The number of amides is 1. The molecule has 1 atom stereocenters. The van der Waals surface area contributed by atoms with Gasteiger partial charge in [-0.25, -0.2) is 0 Å². The number of aryl methyl sites for hydroxylation is 2. The molecule has 3 heterocycles. The second-order valence-electron chi connectivity index (χ2n) is 5.23. The topological polar surface area (TPSA) is 38.1 Å². The van der Waals surface area contributed by atoms with Gasteiger partial charge >= 0.3 is 0 Å². The maximum atomic E-state index is 12.8. The lowest BCUT2D eigenvalue weighted by Gasteiger charge is -2.23. The molecule has 0 saturated carbocycles. The standard InChI is InChI=1S/C15H19N3OS/c1-3-11-6-8-20-14(11)15(19)18-7-4-5-13(18)12-9-16-17(2)10-12/h6,8-10,13H,3-5,7H2,1-2H3/t13-/m1/s1. The van der Waals surface area contributed by atoms with E-state index in [-0.39, 0.29) is 11.9 Å². The van der Waals surface area contributed by atoms with Gasteiger partial charge in [0.15, 0.2) is 0 Å². The number of likely N-dealkylation sites (tertiary alicyclic amines) is 1. The van der Waals surface area contributed by atoms with Crippen molar-refractivity contribution in [3.8, 4) is 0 Å². The summed E-state index contributed by atoms with van der Waals surface area (Å²) >= 11 is 1.56. The fraction of sp³-hybridized carbons (Fsp3) is 0.467. The normalized spacial score (nSPS) is 18.7. The van der Waals surface area contributed by atoms with E-state index in [1.54, 1.807) is 16.0 Å². The Morgan fingerprint density at radius 2 is 2.40 bits per heavy atom. The Morgan fingerprint density at radius 1 is 1.55 bits per heavy atom. The Balaban J connectivity index is 1.87. The zero-order valence-corrected chi connectivity index (χ0v) is 12.7. The fourth-order valence-electron chi connectivity index (χ4n) is 2.90. The smallest absolute Gasteiger partial charge is 0.264 e. The average molecular weight is 289 g/mol. The third-order valence-electron chi connectivity index (χ3n) is 3.95. The van der Waals surface area contributed by atoms with Gasteiger partial charge in [0.2, 0.25) is 0 Å². The lowest BCUT2D eigenvalue weighted by atomic mass is 10.1. The van der Waals surface area contributed by atoms with Gasteiger partial charge < -0.3 is 4.90 Å². The number of thiophene rings is 1. The van der Waals surface area contributed by atoms with Crippen molar-refractivity contribution in [3.63, 3.8) is 0 Å². The minimum Gasteiger partial charge on any atom is -0.331 e. The van der Waals surface area contributed by atoms with Crippen LogP contribution < -0.4 is 0 Å². The zero-order chi connectivity index (χ0) is 14.1. The summed E-state index contributed by atoms with van der Waals surface area (Å²) in [4.78, 5) is 15.7. The zero-order valence-electron chi connectivity index (χ0n) is 11.9. The van der Waals surface area contributed by atoms with E-state index < -0.39 is 0 Å². The molecule has 0 bridgehead atoms. The Hall–Kier alpha value is -1.62. The van der Waals surface area contributed by atoms with E-state index in [1.807, 2.05) is 29.7 Å². The van der Waals surface area contributed by atoms with Crippen molar-refractivity contribution in [3.05, 3.63) is 39.8 Å². The van der Waals surface area contributed by atoms with Crippen LogP contribution in [0.3, 0.4) is 0 Å². The van der Waals surface area contributed by atoms with Crippen LogP contribution in [-0.2, 0) is 13.5 Å². The molecule has 1 saturated heterocycles. The predicted molar refractivity (Wildman–Crippen MR) is 79.9 cm³/mol. The van der Waals surface area contributed by atoms with Crippen LogP contribution in [0.5, 0.6) is 0 Å². The lowest BCUT2D eigenvalue weighted by Crippen LogP contribution is -2.30. The molecule has 106 valence electrons. The number of carbonyl (C=O) groups excluding carboxylic acids is 1. The van der Waals surface area contributed by atoms with E-state index in [0.717, 1.165) is 41.8 Å². The first-order valence-electron chi connectivity index (χ1n) is 7.06. The van der Waals surface area contributed by atoms with Gasteiger partial charge in [-0.3, -0.25) is 9.48 Å². The monoisotopic (exact) mass is 289 g/mol. The number of hydrogen-bond donors (Lipinski definition) is 0. The first kappa shape index (κ1) is 13.4. The molecule has 1 fully saturated rings. The fourth-order valence-corrected chi connectivity index (χ4v) is 3.85. The molecule has 0 N–H and O–H groups in total. The van der Waals surface area contributed by atoms with Crippen molar-refractivity contribution < 1.29 is 4.79 Å². The first-order chi connectivity index (χ1) is 9.70. The Labute approximate surface area is 123 Å². The van der Waals surface area contributed by atoms with Crippen LogP contribution in [0, 0.1) is 0 Å². The van der Waals surface area contributed by atoms with E-state index in [0.29, 0.717) is 0 Å². The maximum Gasteiger partial charge on any atom is 0.264 e. The van der Waals surface area contributed by atoms with Gasteiger partial charge in [0.05, 0.1) is 17.1 Å². The summed E-state index contributed by atoms with van der Waals surface area (Å²) in [7, 11) is 1.92. The third kappa shape index (κ3) is 2.26. The average Bonchev–Trinajstić information content (AvgIpc) is 3.17. The SMILES string of the molecule is CCc1ccsc1C(=O)N1CCC[C@@H]1c1cnn(C)c1. The van der Waals surface area contributed by atoms with E-state index in [4.69, 9.17) is 0 Å². The van der Waals surface area contributed by atoms with Crippen LogP contribution in [0.2, 0.25) is 0 Å². The van der Waals surface area contributed by atoms with Gasteiger partial charge in [0.25, 0.3) is 5.91 Å². The number of nitrogens with zero attached hydrogens (tertiary/aromatic N) is 3. The minimum atomic E-state index is 0.183. The van der Waals surface area contributed by atoms with E-state index >= 15 is 0 Å². The molecule has 20 heavy (non-hydrogen) atoms. The molecular weight excluding hydrogens is 270 g/mol. The van der Waals surface area contributed by atoms with Crippen LogP contribution in [-0.4, -0.2) is 27.1 Å². The third-order valence-corrected chi connectivity index (χ3v) is 4.89. The number of aromatic nitrogens is 2. The highest BCUT2D eigenvalue weighted by atomic mass is 32.1. The highest BCUT2D eigenvalue weighted by molar-refractivity contribution is 7.12. The second kappa shape index (κ2) is 5.40. The van der Waals surface area contributed by atoms with Gasteiger partial charge in [-0.05, 0) is 36.3 Å². The molecule has 0 unspecified atom stereocenters.